The van der Waals surface area contributed by atoms with Gasteiger partial charge in [-0.3, -0.25) is 0 Å². The van der Waals surface area contributed by atoms with Crippen LogP contribution in [0.2, 0.25) is 0 Å². The minimum Gasteiger partial charge on any atom is -0.391 e. The number of carbonyl (C=O) groups excluding carboxylic acids is 1. The van der Waals surface area contributed by atoms with Crippen molar-refractivity contribution in [3.05, 3.63) is 24.3 Å². The van der Waals surface area contributed by atoms with E-state index >= 15 is 0 Å². The minimum absolute atomic E-state index is 0.270. The van der Waals surface area contributed by atoms with Crippen LogP contribution in [0.3, 0.4) is 0 Å². The van der Waals surface area contributed by atoms with Gasteiger partial charge >= 0.3 is 6.03 Å². The molecule has 0 fully saturated rings. The first-order valence-corrected chi connectivity index (χ1v) is 7.60. The predicted octanol–water partition coefficient (Wildman–Crippen LogP) is 2.94. The van der Waals surface area contributed by atoms with Crippen molar-refractivity contribution in [2.45, 2.75) is 31.3 Å². The van der Waals surface area contributed by atoms with Gasteiger partial charge in [0, 0.05) is 17.1 Å². The van der Waals surface area contributed by atoms with Crippen LogP contribution in [0.1, 0.15) is 20.3 Å². The Kier molecular flexibility index (Phi) is 6.73. The first-order valence-electron chi connectivity index (χ1n) is 6.38. The molecule has 1 aromatic rings. The number of amides is 2. The second-order valence-corrected chi connectivity index (χ2v) is 5.73. The van der Waals surface area contributed by atoms with E-state index in [-0.39, 0.29) is 12.6 Å². The predicted molar refractivity (Wildman–Crippen MR) is 80.7 cm³/mol. The Hall–Kier alpha value is -1.20. The van der Waals surface area contributed by atoms with Crippen molar-refractivity contribution in [2.24, 2.45) is 5.92 Å². The molecule has 0 aromatic heterocycles. The molecule has 19 heavy (non-hydrogen) atoms. The molecule has 1 aromatic carbocycles. The third kappa shape index (κ3) is 6.50. The van der Waals surface area contributed by atoms with E-state index in [0.717, 1.165) is 10.6 Å². The van der Waals surface area contributed by atoms with Gasteiger partial charge in [-0.15, -0.1) is 11.8 Å². The number of rotatable bonds is 6. The first kappa shape index (κ1) is 15.9. The zero-order valence-electron chi connectivity index (χ0n) is 11.6. The van der Waals surface area contributed by atoms with E-state index in [1.54, 1.807) is 11.8 Å². The topological polar surface area (TPSA) is 61.4 Å². The molecule has 3 N–H and O–H groups in total. The molecule has 1 rings (SSSR count). The van der Waals surface area contributed by atoms with Gasteiger partial charge in [0.2, 0.25) is 0 Å². The Morgan fingerprint density at radius 1 is 1.42 bits per heavy atom. The summed E-state index contributed by atoms with van der Waals surface area (Å²) in [4.78, 5) is 12.8. The molecular formula is C14H22N2O2S. The fourth-order valence-electron chi connectivity index (χ4n) is 1.71. The zero-order chi connectivity index (χ0) is 14.3. The summed E-state index contributed by atoms with van der Waals surface area (Å²) in [5, 5.41) is 15.1. The van der Waals surface area contributed by atoms with Gasteiger partial charge < -0.3 is 15.7 Å². The molecule has 2 amide bonds. The van der Waals surface area contributed by atoms with Gasteiger partial charge in [-0.05, 0) is 36.8 Å². The number of thioether (sulfide) groups is 1. The third-order valence-electron chi connectivity index (χ3n) is 2.57. The molecule has 0 saturated carbocycles. The number of aliphatic hydroxyl groups is 1. The fraction of sp³-hybridized carbons (Fsp3) is 0.500. The molecule has 5 heteroatoms. The number of nitrogens with one attached hydrogen (secondary N) is 2. The number of urea groups is 1. The Morgan fingerprint density at radius 3 is 2.79 bits per heavy atom. The van der Waals surface area contributed by atoms with Crippen molar-refractivity contribution in [3.63, 3.8) is 0 Å². The van der Waals surface area contributed by atoms with Crippen molar-refractivity contribution >= 4 is 23.5 Å². The van der Waals surface area contributed by atoms with Crippen LogP contribution < -0.4 is 10.6 Å². The quantitative estimate of drug-likeness (QED) is 0.703. The second-order valence-electron chi connectivity index (χ2n) is 4.85. The van der Waals surface area contributed by atoms with Crippen LogP contribution in [0.5, 0.6) is 0 Å². The number of carbonyl (C=O) groups is 1. The number of hydrogen-bond acceptors (Lipinski definition) is 3. The van der Waals surface area contributed by atoms with Crippen LogP contribution in [-0.4, -0.2) is 30.0 Å². The number of aliphatic hydroxyl groups excluding tert-OH is 1. The normalized spacial score (nSPS) is 12.3. The van der Waals surface area contributed by atoms with Crippen molar-refractivity contribution in [1.82, 2.24) is 5.32 Å². The molecule has 0 spiro atoms. The molecule has 1 unspecified atom stereocenters. The van der Waals surface area contributed by atoms with Crippen LogP contribution in [0.4, 0.5) is 10.5 Å². The maximum atomic E-state index is 11.7. The molecule has 106 valence electrons. The Balaban J connectivity index is 2.38. The molecule has 0 saturated heterocycles. The largest absolute Gasteiger partial charge is 0.391 e. The molecule has 0 aliphatic carbocycles. The number of benzene rings is 1. The van der Waals surface area contributed by atoms with E-state index < -0.39 is 6.10 Å². The second kappa shape index (κ2) is 8.07. The van der Waals surface area contributed by atoms with E-state index in [1.165, 1.54) is 0 Å². The molecule has 0 heterocycles. The highest BCUT2D eigenvalue weighted by molar-refractivity contribution is 7.98. The molecule has 0 aliphatic rings. The first-order chi connectivity index (χ1) is 9.01. The Morgan fingerprint density at radius 2 is 2.16 bits per heavy atom. The van der Waals surface area contributed by atoms with Crippen molar-refractivity contribution in [3.8, 4) is 0 Å². The van der Waals surface area contributed by atoms with Crippen molar-refractivity contribution in [2.75, 3.05) is 18.1 Å². The highest BCUT2D eigenvalue weighted by Gasteiger charge is 2.09. The molecule has 1 atom stereocenters. The highest BCUT2D eigenvalue weighted by atomic mass is 32.2. The Bertz CT molecular complexity index is 410. The summed E-state index contributed by atoms with van der Waals surface area (Å²) in [6.45, 7) is 4.35. The molecule has 4 nitrogen and oxygen atoms in total. The SMILES string of the molecule is CSc1cccc(NC(=O)NCC(O)CC(C)C)c1. The smallest absolute Gasteiger partial charge is 0.319 e. The molecular weight excluding hydrogens is 260 g/mol. The maximum absolute atomic E-state index is 11.7. The lowest BCUT2D eigenvalue weighted by atomic mass is 10.1. The highest BCUT2D eigenvalue weighted by Crippen LogP contribution is 2.18. The Labute approximate surface area is 119 Å². The average molecular weight is 282 g/mol. The van der Waals surface area contributed by atoms with Gasteiger partial charge in [-0.25, -0.2) is 4.79 Å². The summed E-state index contributed by atoms with van der Waals surface area (Å²) in [5.41, 5.74) is 0.752. The van der Waals surface area contributed by atoms with Crippen molar-refractivity contribution < 1.29 is 9.90 Å². The number of hydrogen-bond donors (Lipinski definition) is 3. The summed E-state index contributed by atoms with van der Waals surface area (Å²) in [6.07, 6.45) is 2.17. The summed E-state index contributed by atoms with van der Waals surface area (Å²) >= 11 is 1.62. The summed E-state index contributed by atoms with van der Waals surface area (Å²) < 4.78 is 0. The van der Waals surface area contributed by atoms with Crippen LogP contribution in [0.25, 0.3) is 0 Å². The number of anilines is 1. The van der Waals surface area contributed by atoms with Crippen LogP contribution in [0, 0.1) is 5.92 Å². The van der Waals surface area contributed by atoms with Crippen LogP contribution in [-0.2, 0) is 0 Å². The lowest BCUT2D eigenvalue weighted by Crippen LogP contribution is -2.35. The fourth-order valence-corrected chi connectivity index (χ4v) is 2.17. The van der Waals surface area contributed by atoms with E-state index in [0.29, 0.717) is 12.3 Å². The van der Waals surface area contributed by atoms with Crippen LogP contribution >= 0.6 is 11.8 Å². The van der Waals surface area contributed by atoms with E-state index in [1.807, 2.05) is 44.4 Å². The standard InChI is InChI=1S/C14H22N2O2S/c1-10(2)7-12(17)9-15-14(18)16-11-5-4-6-13(8-11)19-3/h4-6,8,10,12,17H,7,9H2,1-3H3,(H2,15,16,18). The molecule has 0 radical (unpaired) electrons. The average Bonchev–Trinajstić information content (AvgIpc) is 2.36. The summed E-state index contributed by atoms with van der Waals surface area (Å²) in [6, 6.07) is 7.34. The zero-order valence-corrected chi connectivity index (χ0v) is 12.5. The van der Waals surface area contributed by atoms with E-state index in [4.69, 9.17) is 0 Å². The molecule has 0 bridgehead atoms. The van der Waals surface area contributed by atoms with E-state index in [9.17, 15) is 9.90 Å². The van der Waals surface area contributed by atoms with Crippen LogP contribution in [0.15, 0.2) is 29.2 Å². The van der Waals surface area contributed by atoms with Gasteiger partial charge in [0.15, 0.2) is 0 Å². The van der Waals surface area contributed by atoms with E-state index in [2.05, 4.69) is 10.6 Å². The monoisotopic (exact) mass is 282 g/mol. The van der Waals surface area contributed by atoms with Crippen molar-refractivity contribution in [1.29, 1.82) is 0 Å². The van der Waals surface area contributed by atoms with Gasteiger partial charge in [0.1, 0.15) is 0 Å². The van der Waals surface area contributed by atoms with Gasteiger partial charge in [0.25, 0.3) is 0 Å². The lowest BCUT2D eigenvalue weighted by molar-refractivity contribution is 0.148. The van der Waals surface area contributed by atoms with Gasteiger partial charge in [-0.1, -0.05) is 19.9 Å². The lowest BCUT2D eigenvalue weighted by Gasteiger charge is -2.14. The molecule has 0 aliphatic heterocycles. The minimum atomic E-state index is -0.497. The third-order valence-corrected chi connectivity index (χ3v) is 3.29. The summed E-state index contributed by atoms with van der Waals surface area (Å²) in [5.74, 6) is 0.415. The van der Waals surface area contributed by atoms with Gasteiger partial charge in [0.05, 0.1) is 6.10 Å². The maximum Gasteiger partial charge on any atom is 0.319 e. The van der Waals surface area contributed by atoms with Gasteiger partial charge in [-0.2, -0.15) is 0 Å². The summed E-state index contributed by atoms with van der Waals surface area (Å²) in [7, 11) is 0.